The van der Waals surface area contributed by atoms with Crippen LogP contribution in [0.2, 0.25) is 0 Å². The third-order valence-electron chi connectivity index (χ3n) is 4.72. The fraction of sp³-hybridized carbons (Fsp3) is 0.421. The Bertz CT molecular complexity index is 849. The van der Waals surface area contributed by atoms with Gasteiger partial charge in [-0.15, -0.1) is 11.3 Å². The molecule has 1 fully saturated rings. The summed E-state index contributed by atoms with van der Waals surface area (Å²) in [6, 6.07) is 10.3. The van der Waals surface area contributed by atoms with Crippen LogP contribution in [0.3, 0.4) is 0 Å². The summed E-state index contributed by atoms with van der Waals surface area (Å²) >= 11 is 1.46. The molecule has 1 atom stereocenters. The number of carbonyl (C=O) groups excluding carboxylic acids is 1. The van der Waals surface area contributed by atoms with E-state index < -0.39 is 10.0 Å². The maximum Gasteiger partial charge on any atom is 0.319 e. The minimum atomic E-state index is -3.51. The number of sulfonamides is 1. The lowest BCUT2D eigenvalue weighted by Crippen LogP contribution is -2.45. The predicted molar refractivity (Wildman–Crippen MR) is 109 cm³/mol. The van der Waals surface area contributed by atoms with E-state index in [2.05, 4.69) is 10.6 Å². The molecular formula is C19H25N3O3S2. The number of amides is 2. The van der Waals surface area contributed by atoms with Gasteiger partial charge in [0.15, 0.2) is 0 Å². The van der Waals surface area contributed by atoms with Crippen LogP contribution in [0.4, 0.5) is 9.80 Å². The number of aryl methyl sites for hydroxylation is 1. The minimum absolute atomic E-state index is 0.0907. The number of carbonyl (C=O) groups is 1. The minimum Gasteiger partial charge on any atom is -0.338 e. The summed E-state index contributed by atoms with van der Waals surface area (Å²) in [5.74, 6) is 0. The van der Waals surface area contributed by atoms with Crippen molar-refractivity contribution in [3.8, 4) is 0 Å². The smallest absolute Gasteiger partial charge is 0.319 e. The maximum absolute atomic E-state index is 13.0. The highest BCUT2D eigenvalue weighted by atomic mass is 32.2. The SMILES string of the molecule is Cc1ccc(S(=O)(=O)N2CCCCC2CCNC(=O)Nc2cccs2)cc1. The topological polar surface area (TPSA) is 78.5 Å². The van der Waals surface area contributed by atoms with Crippen molar-refractivity contribution in [2.24, 2.45) is 0 Å². The van der Waals surface area contributed by atoms with E-state index in [-0.39, 0.29) is 12.1 Å². The van der Waals surface area contributed by atoms with E-state index in [1.165, 1.54) is 11.3 Å². The summed E-state index contributed by atoms with van der Waals surface area (Å²) < 4.78 is 27.7. The van der Waals surface area contributed by atoms with Crippen LogP contribution in [0.5, 0.6) is 0 Å². The van der Waals surface area contributed by atoms with Gasteiger partial charge < -0.3 is 5.32 Å². The van der Waals surface area contributed by atoms with Gasteiger partial charge in [0, 0.05) is 19.1 Å². The Morgan fingerprint density at radius 3 is 2.70 bits per heavy atom. The van der Waals surface area contributed by atoms with Gasteiger partial charge in [-0.1, -0.05) is 24.1 Å². The van der Waals surface area contributed by atoms with Crippen LogP contribution in [-0.4, -0.2) is 37.9 Å². The molecule has 1 aliphatic heterocycles. The predicted octanol–water partition coefficient (Wildman–Crippen LogP) is 3.81. The summed E-state index contributed by atoms with van der Waals surface area (Å²) in [7, 11) is -3.51. The molecule has 1 aromatic carbocycles. The van der Waals surface area contributed by atoms with E-state index >= 15 is 0 Å². The number of rotatable bonds is 6. The first-order valence-electron chi connectivity index (χ1n) is 9.14. The van der Waals surface area contributed by atoms with Gasteiger partial charge in [0.05, 0.1) is 9.90 Å². The van der Waals surface area contributed by atoms with Crippen LogP contribution in [0, 0.1) is 6.92 Å². The molecule has 0 saturated carbocycles. The molecule has 2 amide bonds. The molecule has 1 unspecified atom stereocenters. The largest absolute Gasteiger partial charge is 0.338 e. The number of hydrogen-bond donors (Lipinski definition) is 2. The number of anilines is 1. The molecule has 0 spiro atoms. The zero-order valence-corrected chi connectivity index (χ0v) is 17.0. The number of nitrogens with one attached hydrogen (secondary N) is 2. The van der Waals surface area contributed by atoms with E-state index in [4.69, 9.17) is 0 Å². The first kappa shape index (κ1) is 19.9. The van der Waals surface area contributed by atoms with Gasteiger partial charge >= 0.3 is 6.03 Å². The second-order valence-electron chi connectivity index (χ2n) is 6.73. The van der Waals surface area contributed by atoms with Crippen LogP contribution in [0.15, 0.2) is 46.7 Å². The molecule has 2 N–H and O–H groups in total. The summed E-state index contributed by atoms with van der Waals surface area (Å²) in [4.78, 5) is 12.3. The molecule has 6 nitrogen and oxygen atoms in total. The van der Waals surface area contributed by atoms with Gasteiger partial charge in [-0.25, -0.2) is 13.2 Å². The van der Waals surface area contributed by atoms with Gasteiger partial charge in [0.1, 0.15) is 0 Å². The molecular weight excluding hydrogens is 382 g/mol. The van der Waals surface area contributed by atoms with Crippen molar-refractivity contribution < 1.29 is 13.2 Å². The zero-order chi connectivity index (χ0) is 19.3. The summed E-state index contributed by atoms with van der Waals surface area (Å²) in [5, 5.41) is 8.27. The Hall–Kier alpha value is -1.90. The Morgan fingerprint density at radius 2 is 2.00 bits per heavy atom. The number of piperidine rings is 1. The fourth-order valence-corrected chi connectivity index (χ4v) is 5.62. The van der Waals surface area contributed by atoms with Crippen molar-refractivity contribution in [1.29, 1.82) is 0 Å². The second kappa shape index (κ2) is 8.86. The molecule has 8 heteroatoms. The van der Waals surface area contributed by atoms with Gasteiger partial charge in [-0.2, -0.15) is 4.31 Å². The van der Waals surface area contributed by atoms with E-state index in [0.29, 0.717) is 24.4 Å². The monoisotopic (exact) mass is 407 g/mol. The van der Waals surface area contributed by atoms with Crippen LogP contribution in [-0.2, 0) is 10.0 Å². The summed E-state index contributed by atoms with van der Waals surface area (Å²) in [5.41, 5.74) is 1.03. The van der Waals surface area contributed by atoms with Crippen molar-refractivity contribution in [1.82, 2.24) is 9.62 Å². The Labute approximate surface area is 164 Å². The number of nitrogens with zero attached hydrogens (tertiary/aromatic N) is 1. The highest BCUT2D eigenvalue weighted by molar-refractivity contribution is 7.89. The summed E-state index contributed by atoms with van der Waals surface area (Å²) in [6.45, 7) is 2.90. The standard InChI is InChI=1S/C19H25N3O3S2/c1-15-7-9-17(10-8-15)27(24,25)22-13-3-2-5-16(22)11-12-20-19(23)21-18-6-4-14-26-18/h4,6-10,14,16H,2-3,5,11-13H2,1H3,(H2,20,21,23). The lowest BCUT2D eigenvalue weighted by Gasteiger charge is -2.34. The third kappa shape index (κ3) is 5.09. The quantitative estimate of drug-likeness (QED) is 0.764. The fourth-order valence-electron chi connectivity index (χ4n) is 3.28. The number of thiophene rings is 1. The van der Waals surface area contributed by atoms with E-state index in [1.807, 2.05) is 36.6 Å². The van der Waals surface area contributed by atoms with Crippen molar-refractivity contribution >= 4 is 32.4 Å². The Kier molecular flexibility index (Phi) is 6.51. The van der Waals surface area contributed by atoms with Crippen LogP contribution < -0.4 is 10.6 Å². The Morgan fingerprint density at radius 1 is 1.22 bits per heavy atom. The van der Waals surface area contributed by atoms with Gasteiger partial charge in [0.2, 0.25) is 10.0 Å². The van der Waals surface area contributed by atoms with Crippen molar-refractivity contribution in [3.05, 3.63) is 47.3 Å². The number of urea groups is 1. The third-order valence-corrected chi connectivity index (χ3v) is 7.47. The van der Waals surface area contributed by atoms with Gasteiger partial charge in [-0.3, -0.25) is 5.32 Å². The van der Waals surface area contributed by atoms with Crippen molar-refractivity contribution in [2.45, 2.75) is 43.5 Å². The second-order valence-corrected chi connectivity index (χ2v) is 9.56. The molecule has 146 valence electrons. The van der Waals surface area contributed by atoms with Gasteiger partial charge in [0.25, 0.3) is 0 Å². The highest BCUT2D eigenvalue weighted by Gasteiger charge is 2.33. The van der Waals surface area contributed by atoms with Crippen LogP contribution in [0.25, 0.3) is 0 Å². The number of benzene rings is 1. The molecule has 0 bridgehead atoms. The van der Waals surface area contributed by atoms with Crippen molar-refractivity contribution in [2.75, 3.05) is 18.4 Å². The van der Waals surface area contributed by atoms with Crippen molar-refractivity contribution in [3.63, 3.8) is 0 Å². The molecule has 1 aliphatic rings. The summed E-state index contributed by atoms with van der Waals surface area (Å²) in [6.07, 6.45) is 3.29. The first-order valence-corrected chi connectivity index (χ1v) is 11.5. The molecule has 2 aromatic rings. The van der Waals surface area contributed by atoms with E-state index in [0.717, 1.165) is 29.8 Å². The first-order chi connectivity index (χ1) is 13.0. The molecule has 0 radical (unpaired) electrons. The highest BCUT2D eigenvalue weighted by Crippen LogP contribution is 2.27. The van der Waals surface area contributed by atoms with E-state index in [9.17, 15) is 13.2 Å². The average Bonchev–Trinajstić information content (AvgIpc) is 3.15. The molecule has 0 aliphatic carbocycles. The molecule has 1 aromatic heterocycles. The Balaban J connectivity index is 1.59. The van der Waals surface area contributed by atoms with Crippen LogP contribution in [0.1, 0.15) is 31.2 Å². The lowest BCUT2D eigenvalue weighted by atomic mass is 10.0. The van der Waals surface area contributed by atoms with E-state index in [1.54, 1.807) is 16.4 Å². The maximum atomic E-state index is 13.0. The van der Waals surface area contributed by atoms with Crippen LogP contribution >= 0.6 is 11.3 Å². The molecule has 1 saturated heterocycles. The van der Waals surface area contributed by atoms with Gasteiger partial charge in [-0.05, 0) is 55.8 Å². The number of hydrogen-bond acceptors (Lipinski definition) is 4. The average molecular weight is 408 g/mol. The molecule has 27 heavy (non-hydrogen) atoms. The molecule has 2 heterocycles. The normalized spacial score (nSPS) is 18.2. The lowest BCUT2D eigenvalue weighted by molar-refractivity contribution is 0.234. The molecule has 3 rings (SSSR count). The zero-order valence-electron chi connectivity index (χ0n) is 15.3.